The lowest BCUT2D eigenvalue weighted by atomic mass is 9.92. The SMILES string of the molecule is COCCOCCOCCO[C@H]1NC(=O)c2c1c1c3ccccc3n3c1c1c2c2ccccc2n1[C@H]1C[C@@H](N(C)C(=O)OCc2ccccc2)[C@@H](OC)[C@]3(C)O1. The number of hydrogen-bond acceptors (Lipinski definition) is 9. The number of ether oxygens (including phenoxy) is 7. The number of hydrogen-bond donors (Lipinski definition) is 1. The van der Waals surface area contributed by atoms with Crippen LogP contribution in [0.4, 0.5) is 4.79 Å². The molecule has 6 aromatic rings. The van der Waals surface area contributed by atoms with Gasteiger partial charge in [0.1, 0.15) is 18.9 Å². The van der Waals surface area contributed by atoms with Gasteiger partial charge in [0.15, 0.2) is 12.0 Å². The molecular formula is C43H46N4O9. The molecule has 2 bridgehead atoms. The molecule has 2 aromatic heterocycles. The highest BCUT2D eigenvalue weighted by Crippen LogP contribution is 2.55. The lowest BCUT2D eigenvalue weighted by molar-refractivity contribution is -0.265. The van der Waals surface area contributed by atoms with Gasteiger partial charge in [0.05, 0.1) is 73.3 Å². The van der Waals surface area contributed by atoms with Crippen molar-refractivity contribution in [3.63, 3.8) is 0 Å². The molecule has 13 heteroatoms. The highest BCUT2D eigenvalue weighted by Gasteiger charge is 2.55. The number of aromatic nitrogens is 2. The Hall–Kier alpha value is -5.02. The molecule has 3 aliphatic heterocycles. The van der Waals surface area contributed by atoms with Crippen molar-refractivity contribution < 1.29 is 42.7 Å². The van der Waals surface area contributed by atoms with E-state index >= 15 is 0 Å². The van der Waals surface area contributed by atoms with Gasteiger partial charge >= 0.3 is 6.09 Å². The van der Waals surface area contributed by atoms with Crippen molar-refractivity contribution in [2.45, 2.75) is 50.3 Å². The molecule has 0 saturated carbocycles. The molecule has 1 N–H and O–H groups in total. The molecule has 1 saturated heterocycles. The van der Waals surface area contributed by atoms with E-state index in [2.05, 4.69) is 38.7 Å². The van der Waals surface area contributed by atoms with E-state index < -0.39 is 36.4 Å². The van der Waals surface area contributed by atoms with Gasteiger partial charge in [-0.05, 0) is 24.6 Å². The number of benzene rings is 4. The van der Waals surface area contributed by atoms with Gasteiger partial charge in [-0.25, -0.2) is 4.79 Å². The van der Waals surface area contributed by atoms with E-state index in [1.54, 1.807) is 26.2 Å². The highest BCUT2D eigenvalue weighted by atomic mass is 16.6. The van der Waals surface area contributed by atoms with Gasteiger partial charge in [0, 0.05) is 54.8 Å². The van der Waals surface area contributed by atoms with Crippen molar-refractivity contribution in [2.24, 2.45) is 0 Å². The molecule has 0 unspecified atom stereocenters. The molecule has 4 aromatic carbocycles. The van der Waals surface area contributed by atoms with E-state index in [1.807, 2.05) is 61.5 Å². The zero-order valence-electron chi connectivity index (χ0n) is 32.0. The van der Waals surface area contributed by atoms with Crippen LogP contribution >= 0.6 is 0 Å². The lowest BCUT2D eigenvalue weighted by Gasteiger charge is -2.50. The third-order valence-corrected chi connectivity index (χ3v) is 11.5. The first-order valence-corrected chi connectivity index (χ1v) is 19.1. The summed E-state index contributed by atoms with van der Waals surface area (Å²) < 4.78 is 46.8. The average molecular weight is 763 g/mol. The number of methoxy groups -OCH3 is 2. The fourth-order valence-electron chi connectivity index (χ4n) is 9.19. The molecule has 5 atom stereocenters. The molecule has 3 aliphatic rings. The van der Waals surface area contributed by atoms with Crippen LogP contribution < -0.4 is 5.32 Å². The molecule has 0 radical (unpaired) electrons. The highest BCUT2D eigenvalue weighted by molar-refractivity contribution is 6.31. The molecular weight excluding hydrogens is 716 g/mol. The van der Waals surface area contributed by atoms with E-state index in [9.17, 15) is 9.59 Å². The first-order valence-electron chi connectivity index (χ1n) is 19.1. The molecule has 0 aliphatic carbocycles. The molecule has 13 nitrogen and oxygen atoms in total. The number of fused-ring (bicyclic) bond motifs is 13. The minimum absolute atomic E-state index is 0.148. The first kappa shape index (κ1) is 36.6. The summed E-state index contributed by atoms with van der Waals surface area (Å²) in [5.41, 5.74) is 4.78. The van der Waals surface area contributed by atoms with Crippen LogP contribution in [0.15, 0.2) is 78.9 Å². The topological polar surface area (TPSA) is 124 Å². The fraction of sp³-hybridized carbons (Fsp3) is 0.395. The Bertz CT molecular complexity index is 2440. The van der Waals surface area contributed by atoms with Crippen LogP contribution in [0, 0.1) is 0 Å². The first-order chi connectivity index (χ1) is 27.4. The number of amides is 2. The largest absolute Gasteiger partial charge is 0.445 e. The number of para-hydroxylation sites is 2. The smallest absolute Gasteiger partial charge is 0.410 e. The normalized spacial score (nSPS) is 22.6. The second kappa shape index (κ2) is 14.8. The number of carbonyl (C=O) groups excluding carboxylic acids is 2. The number of nitrogens with one attached hydrogen (secondary N) is 1. The van der Waals surface area contributed by atoms with Crippen molar-refractivity contribution in [2.75, 3.05) is 60.9 Å². The summed E-state index contributed by atoms with van der Waals surface area (Å²) in [5.74, 6) is -0.202. The van der Waals surface area contributed by atoms with Crippen LogP contribution in [-0.2, 0) is 45.5 Å². The molecule has 56 heavy (non-hydrogen) atoms. The molecule has 1 fully saturated rings. The molecule has 5 heterocycles. The Morgan fingerprint density at radius 3 is 2.25 bits per heavy atom. The second-order valence-electron chi connectivity index (χ2n) is 14.7. The number of rotatable bonds is 14. The summed E-state index contributed by atoms with van der Waals surface area (Å²) in [6.07, 6.45) is -1.92. The maximum atomic E-state index is 14.3. The van der Waals surface area contributed by atoms with Crippen molar-refractivity contribution in [3.05, 3.63) is 95.6 Å². The quantitative estimate of drug-likeness (QED) is 0.122. The van der Waals surface area contributed by atoms with Gasteiger partial charge in [-0.15, -0.1) is 0 Å². The number of carbonyl (C=O) groups is 2. The predicted molar refractivity (Wildman–Crippen MR) is 209 cm³/mol. The monoisotopic (exact) mass is 762 g/mol. The molecule has 9 rings (SSSR count). The van der Waals surface area contributed by atoms with Gasteiger partial charge in [0.25, 0.3) is 5.91 Å². The van der Waals surface area contributed by atoms with E-state index in [0.717, 1.165) is 54.7 Å². The van der Waals surface area contributed by atoms with Crippen LogP contribution in [0.5, 0.6) is 0 Å². The summed E-state index contributed by atoms with van der Waals surface area (Å²) in [5, 5.41) is 6.78. The van der Waals surface area contributed by atoms with Crippen LogP contribution in [0.25, 0.3) is 43.6 Å². The van der Waals surface area contributed by atoms with Gasteiger partial charge < -0.3 is 52.5 Å². The van der Waals surface area contributed by atoms with Crippen LogP contribution in [0.2, 0.25) is 0 Å². The second-order valence-corrected chi connectivity index (χ2v) is 14.7. The van der Waals surface area contributed by atoms with E-state index in [1.165, 1.54) is 0 Å². The predicted octanol–water partition coefficient (Wildman–Crippen LogP) is 6.60. The Balaban J connectivity index is 1.18. The maximum absolute atomic E-state index is 14.3. The summed E-state index contributed by atoms with van der Waals surface area (Å²) in [6, 6.07) is 25.5. The zero-order chi connectivity index (χ0) is 38.6. The van der Waals surface area contributed by atoms with Gasteiger partial charge in [0.2, 0.25) is 0 Å². The van der Waals surface area contributed by atoms with Crippen molar-refractivity contribution >= 4 is 55.6 Å². The Morgan fingerprint density at radius 1 is 0.857 bits per heavy atom. The Kier molecular flexibility index (Phi) is 9.68. The summed E-state index contributed by atoms with van der Waals surface area (Å²) in [6.45, 7) is 4.67. The summed E-state index contributed by atoms with van der Waals surface area (Å²) in [7, 11) is 5.07. The number of likely N-dealkylation sites (N-methyl/N-ethyl adjacent to an activating group) is 1. The number of nitrogens with zero attached hydrogens (tertiary/aromatic N) is 3. The van der Waals surface area contributed by atoms with E-state index in [0.29, 0.717) is 45.0 Å². The van der Waals surface area contributed by atoms with Crippen molar-refractivity contribution in [1.29, 1.82) is 0 Å². The standard InChI is InChI=1S/C43H46N4O9/c1-43-39(51-4)31(45(2)42(49)55-25-26-12-6-5-7-13-26)24-32(56-43)46-29-16-10-8-14-27(29)33-35-36(34-28-15-9-11-17-30(28)47(43)38(34)37(33)46)41(44-40(35)48)54-23-22-53-21-20-52-19-18-50-3/h5-17,31-32,39,41H,18-25H2,1-4H3,(H,44,48)/t31-,32-,39-,41-,43+/m1/s1. The van der Waals surface area contributed by atoms with Crippen LogP contribution in [0.3, 0.4) is 0 Å². The van der Waals surface area contributed by atoms with Crippen LogP contribution in [0.1, 0.15) is 47.3 Å². The van der Waals surface area contributed by atoms with E-state index in [4.69, 9.17) is 33.2 Å². The Labute approximate surface area is 323 Å². The average Bonchev–Trinajstić information content (AvgIpc) is 3.84. The van der Waals surface area contributed by atoms with E-state index in [-0.39, 0.29) is 19.1 Å². The van der Waals surface area contributed by atoms with Crippen molar-refractivity contribution in [3.8, 4) is 0 Å². The minimum atomic E-state index is -1.12. The third-order valence-electron chi connectivity index (χ3n) is 11.5. The maximum Gasteiger partial charge on any atom is 0.410 e. The van der Waals surface area contributed by atoms with Gasteiger partial charge in [-0.3, -0.25) is 4.79 Å². The molecule has 292 valence electrons. The molecule has 0 spiro atoms. The summed E-state index contributed by atoms with van der Waals surface area (Å²) in [4.78, 5) is 29.8. The summed E-state index contributed by atoms with van der Waals surface area (Å²) >= 11 is 0. The fourth-order valence-corrected chi connectivity index (χ4v) is 9.19. The van der Waals surface area contributed by atoms with Crippen LogP contribution in [-0.4, -0.2) is 99.1 Å². The van der Waals surface area contributed by atoms with Crippen molar-refractivity contribution in [1.82, 2.24) is 19.4 Å². The third kappa shape index (κ3) is 5.75. The zero-order valence-corrected chi connectivity index (χ0v) is 32.0. The Morgan fingerprint density at radius 2 is 1.52 bits per heavy atom. The lowest BCUT2D eigenvalue weighted by Crippen LogP contribution is -2.61. The van der Waals surface area contributed by atoms with Gasteiger partial charge in [-0.2, -0.15) is 0 Å². The van der Waals surface area contributed by atoms with Gasteiger partial charge in [-0.1, -0.05) is 66.7 Å². The minimum Gasteiger partial charge on any atom is -0.445 e. The molecule has 2 amide bonds.